The minimum atomic E-state index is -0.319. The number of rotatable bonds is 9. The second-order valence-electron chi connectivity index (χ2n) is 5.92. The lowest BCUT2D eigenvalue weighted by atomic mass is 10.3. The minimum absolute atomic E-state index is 0.174. The molecule has 1 amide bonds. The Kier molecular flexibility index (Phi) is 7.78. The van der Waals surface area contributed by atoms with E-state index in [0.717, 1.165) is 10.2 Å². The second kappa shape index (κ2) is 10.7. The van der Waals surface area contributed by atoms with Crippen molar-refractivity contribution in [2.24, 2.45) is 0 Å². The Balaban J connectivity index is 1.49. The molecule has 0 spiro atoms. The fourth-order valence-electron chi connectivity index (χ4n) is 2.45. The van der Waals surface area contributed by atoms with Crippen LogP contribution in [0.1, 0.15) is 0 Å². The highest BCUT2D eigenvalue weighted by molar-refractivity contribution is 9.10. The first-order chi connectivity index (χ1) is 14.1. The maximum absolute atomic E-state index is 12.3. The predicted molar refractivity (Wildman–Crippen MR) is 117 cm³/mol. The van der Waals surface area contributed by atoms with Crippen molar-refractivity contribution >= 4 is 39.1 Å². The molecule has 0 atom stereocenters. The second-order valence-corrected chi connectivity index (χ2v) is 7.24. The Labute approximate surface area is 182 Å². The zero-order valence-electron chi connectivity index (χ0n) is 15.4. The van der Waals surface area contributed by atoms with Crippen LogP contribution in [-0.2, 0) is 4.79 Å². The zero-order valence-corrected chi connectivity index (χ0v) is 17.8. The van der Waals surface area contributed by atoms with Gasteiger partial charge in [-0.1, -0.05) is 57.9 Å². The van der Waals surface area contributed by atoms with Gasteiger partial charge in [-0.15, -0.1) is 0 Å². The molecule has 0 aliphatic heterocycles. The standard InChI is InChI=1S/C22H19BrClNO4/c23-16-10-11-20(18(24)14-16)29-15-22(26)25-19-8-4-5-9-21(19)28-13-12-27-17-6-2-1-3-7-17/h1-11,14H,12-13,15H2,(H,25,26). The fourth-order valence-corrected chi connectivity index (χ4v) is 3.17. The highest BCUT2D eigenvalue weighted by atomic mass is 79.9. The third kappa shape index (κ3) is 6.69. The number of benzene rings is 3. The van der Waals surface area contributed by atoms with Crippen molar-refractivity contribution in [3.05, 3.63) is 82.3 Å². The number of halogens is 2. The van der Waals surface area contributed by atoms with Gasteiger partial charge >= 0.3 is 0 Å². The number of ether oxygens (including phenoxy) is 3. The lowest BCUT2D eigenvalue weighted by Gasteiger charge is -2.13. The number of carbonyl (C=O) groups excluding carboxylic acids is 1. The Morgan fingerprint density at radius 3 is 2.38 bits per heavy atom. The van der Waals surface area contributed by atoms with Crippen LogP contribution in [0.5, 0.6) is 17.2 Å². The van der Waals surface area contributed by atoms with E-state index in [4.69, 9.17) is 25.8 Å². The zero-order chi connectivity index (χ0) is 20.5. The van der Waals surface area contributed by atoms with Gasteiger partial charge < -0.3 is 19.5 Å². The van der Waals surface area contributed by atoms with Gasteiger partial charge in [0.05, 0.1) is 10.7 Å². The van der Waals surface area contributed by atoms with E-state index >= 15 is 0 Å². The maximum Gasteiger partial charge on any atom is 0.262 e. The van der Waals surface area contributed by atoms with Crippen molar-refractivity contribution in [2.45, 2.75) is 0 Å². The van der Waals surface area contributed by atoms with Gasteiger partial charge in [0.1, 0.15) is 30.5 Å². The molecule has 0 radical (unpaired) electrons. The van der Waals surface area contributed by atoms with E-state index < -0.39 is 0 Å². The maximum atomic E-state index is 12.3. The van der Waals surface area contributed by atoms with Crippen LogP contribution in [0.4, 0.5) is 5.69 Å². The first-order valence-corrected chi connectivity index (χ1v) is 10.1. The highest BCUT2D eigenvalue weighted by Crippen LogP contribution is 2.28. The molecule has 0 fully saturated rings. The van der Waals surface area contributed by atoms with Crippen molar-refractivity contribution in [2.75, 3.05) is 25.1 Å². The van der Waals surface area contributed by atoms with E-state index in [9.17, 15) is 4.79 Å². The average molecular weight is 477 g/mol. The number of anilines is 1. The molecule has 0 saturated heterocycles. The van der Waals surface area contributed by atoms with Gasteiger partial charge in [-0.3, -0.25) is 4.79 Å². The Morgan fingerprint density at radius 1 is 0.862 bits per heavy atom. The summed E-state index contributed by atoms with van der Waals surface area (Å²) in [4.78, 5) is 12.3. The minimum Gasteiger partial charge on any atom is -0.490 e. The van der Waals surface area contributed by atoms with Crippen LogP contribution in [0.25, 0.3) is 0 Å². The number of amides is 1. The number of carbonyl (C=O) groups is 1. The summed E-state index contributed by atoms with van der Waals surface area (Å²) in [6.45, 7) is 0.553. The van der Waals surface area contributed by atoms with Gasteiger partial charge in [0, 0.05) is 4.47 Å². The third-order valence-electron chi connectivity index (χ3n) is 3.77. The van der Waals surface area contributed by atoms with Gasteiger partial charge in [0.15, 0.2) is 6.61 Å². The molecule has 150 valence electrons. The van der Waals surface area contributed by atoms with Crippen molar-refractivity contribution < 1.29 is 19.0 Å². The van der Waals surface area contributed by atoms with Crippen LogP contribution in [0.2, 0.25) is 5.02 Å². The molecule has 5 nitrogen and oxygen atoms in total. The summed E-state index contributed by atoms with van der Waals surface area (Å²) in [7, 11) is 0. The van der Waals surface area contributed by atoms with E-state index in [1.807, 2.05) is 42.5 Å². The van der Waals surface area contributed by atoms with Crippen LogP contribution < -0.4 is 19.5 Å². The largest absolute Gasteiger partial charge is 0.490 e. The number of nitrogens with one attached hydrogen (secondary N) is 1. The summed E-state index contributed by atoms with van der Waals surface area (Å²) < 4.78 is 17.7. The quantitative estimate of drug-likeness (QED) is 0.410. The molecule has 3 aromatic rings. The molecule has 0 unspecified atom stereocenters. The molecule has 0 aromatic heterocycles. The molecule has 7 heteroatoms. The summed E-state index contributed by atoms with van der Waals surface area (Å²) >= 11 is 9.42. The van der Waals surface area contributed by atoms with Crippen molar-refractivity contribution in [1.29, 1.82) is 0 Å². The van der Waals surface area contributed by atoms with E-state index in [2.05, 4.69) is 21.2 Å². The number of hydrogen-bond donors (Lipinski definition) is 1. The summed E-state index contributed by atoms with van der Waals surface area (Å²) in [6, 6.07) is 21.9. The van der Waals surface area contributed by atoms with Gasteiger partial charge in [-0.05, 0) is 42.5 Å². The van der Waals surface area contributed by atoms with Gasteiger partial charge in [-0.25, -0.2) is 0 Å². The van der Waals surface area contributed by atoms with Gasteiger partial charge in [-0.2, -0.15) is 0 Å². The summed E-state index contributed by atoms with van der Waals surface area (Å²) in [5, 5.41) is 3.21. The molecule has 0 bridgehead atoms. The topological polar surface area (TPSA) is 56.8 Å². The van der Waals surface area contributed by atoms with E-state index in [1.54, 1.807) is 30.3 Å². The lowest BCUT2D eigenvalue weighted by Crippen LogP contribution is -2.21. The molecule has 3 rings (SSSR count). The Bertz CT molecular complexity index is 953. The molecule has 0 heterocycles. The van der Waals surface area contributed by atoms with E-state index in [0.29, 0.717) is 35.4 Å². The number of para-hydroxylation sites is 3. The molecule has 0 aliphatic rings. The van der Waals surface area contributed by atoms with Crippen LogP contribution >= 0.6 is 27.5 Å². The average Bonchev–Trinajstić information content (AvgIpc) is 2.72. The van der Waals surface area contributed by atoms with Crippen molar-refractivity contribution in [3.63, 3.8) is 0 Å². The Morgan fingerprint density at radius 2 is 1.59 bits per heavy atom. The molecule has 29 heavy (non-hydrogen) atoms. The van der Waals surface area contributed by atoms with Crippen LogP contribution in [-0.4, -0.2) is 25.7 Å². The van der Waals surface area contributed by atoms with Gasteiger partial charge in [0.2, 0.25) is 0 Å². The van der Waals surface area contributed by atoms with Crippen LogP contribution in [0.15, 0.2) is 77.3 Å². The molecular weight excluding hydrogens is 458 g/mol. The monoisotopic (exact) mass is 475 g/mol. The third-order valence-corrected chi connectivity index (χ3v) is 4.56. The molecular formula is C22H19BrClNO4. The van der Waals surface area contributed by atoms with E-state index in [-0.39, 0.29) is 12.5 Å². The first-order valence-electron chi connectivity index (χ1n) is 8.89. The van der Waals surface area contributed by atoms with Gasteiger partial charge in [0.25, 0.3) is 5.91 Å². The van der Waals surface area contributed by atoms with Crippen LogP contribution in [0.3, 0.4) is 0 Å². The molecule has 1 N–H and O–H groups in total. The fraction of sp³-hybridized carbons (Fsp3) is 0.136. The van der Waals surface area contributed by atoms with E-state index in [1.165, 1.54) is 0 Å². The smallest absolute Gasteiger partial charge is 0.262 e. The first kappa shape index (κ1) is 21.0. The predicted octanol–water partition coefficient (Wildman–Crippen LogP) is 5.58. The van der Waals surface area contributed by atoms with Crippen molar-refractivity contribution in [1.82, 2.24) is 0 Å². The normalized spacial score (nSPS) is 10.3. The molecule has 0 aliphatic carbocycles. The summed E-state index contributed by atoms with van der Waals surface area (Å²) in [5.41, 5.74) is 0.558. The summed E-state index contributed by atoms with van der Waals surface area (Å²) in [6.07, 6.45) is 0. The SMILES string of the molecule is O=C(COc1ccc(Br)cc1Cl)Nc1ccccc1OCCOc1ccccc1. The van der Waals surface area contributed by atoms with Crippen molar-refractivity contribution in [3.8, 4) is 17.2 Å². The summed E-state index contributed by atoms with van der Waals surface area (Å²) in [5.74, 6) is 1.45. The lowest BCUT2D eigenvalue weighted by molar-refractivity contribution is -0.118. The number of hydrogen-bond acceptors (Lipinski definition) is 4. The molecule has 0 saturated carbocycles. The molecule has 3 aromatic carbocycles. The van der Waals surface area contributed by atoms with Crippen LogP contribution in [0, 0.1) is 0 Å². The highest BCUT2D eigenvalue weighted by Gasteiger charge is 2.10. The Hall–Kier alpha value is -2.70.